The van der Waals surface area contributed by atoms with E-state index in [-0.39, 0.29) is 41.9 Å². The summed E-state index contributed by atoms with van der Waals surface area (Å²) in [4.78, 5) is 37.6. The van der Waals surface area contributed by atoms with Crippen LogP contribution in [0.15, 0.2) is 11.3 Å². The van der Waals surface area contributed by atoms with Gasteiger partial charge in [0.15, 0.2) is 0 Å². The number of hydrogen-bond acceptors (Lipinski definition) is 7. The molecule has 8 heteroatoms. The third kappa shape index (κ3) is 2.85. The van der Waals surface area contributed by atoms with Crippen molar-refractivity contribution in [1.82, 2.24) is 4.90 Å². The van der Waals surface area contributed by atoms with Gasteiger partial charge in [-0.1, -0.05) is 0 Å². The second-order valence-corrected chi connectivity index (χ2v) is 8.00. The normalized spacial score (nSPS) is 30.8. The van der Waals surface area contributed by atoms with Crippen molar-refractivity contribution in [3.63, 3.8) is 0 Å². The second-order valence-electron chi connectivity index (χ2n) is 6.90. The highest BCUT2D eigenvalue weighted by Gasteiger charge is 2.53. The van der Waals surface area contributed by atoms with Gasteiger partial charge in [-0.2, -0.15) is 0 Å². The summed E-state index contributed by atoms with van der Waals surface area (Å²) < 4.78 is 10.5. The number of ether oxygens (including phenoxy) is 2. The maximum atomic E-state index is 12.7. The number of nitrogens with two attached hydrogens (primary N) is 1. The van der Waals surface area contributed by atoms with Gasteiger partial charge < -0.3 is 15.2 Å². The summed E-state index contributed by atoms with van der Waals surface area (Å²) >= 11 is 1.51. The molecule has 23 heavy (non-hydrogen) atoms. The summed E-state index contributed by atoms with van der Waals surface area (Å²) in [7, 11) is 0. The van der Waals surface area contributed by atoms with E-state index < -0.39 is 17.6 Å². The molecule has 0 aromatic rings. The fourth-order valence-corrected chi connectivity index (χ4v) is 4.31. The molecule has 3 aliphatic rings. The van der Waals surface area contributed by atoms with Crippen LogP contribution < -0.4 is 5.73 Å². The number of amides is 1. The first kappa shape index (κ1) is 16.3. The molecular formula is C15H20N2O5S. The zero-order valence-electron chi connectivity index (χ0n) is 13.3. The zero-order chi connectivity index (χ0) is 16.9. The Balaban J connectivity index is 1.96. The number of carbonyl (C=O) groups excluding carboxylic acids is 3. The molecule has 0 aromatic carbocycles. The van der Waals surface area contributed by atoms with Crippen LogP contribution in [0.5, 0.6) is 0 Å². The van der Waals surface area contributed by atoms with Gasteiger partial charge in [-0.05, 0) is 26.3 Å². The van der Waals surface area contributed by atoms with Gasteiger partial charge in [0.25, 0.3) is 0 Å². The Hall–Kier alpha value is -1.54. The van der Waals surface area contributed by atoms with Gasteiger partial charge >= 0.3 is 11.9 Å². The molecule has 126 valence electrons. The van der Waals surface area contributed by atoms with Gasteiger partial charge in [0, 0.05) is 11.7 Å². The monoisotopic (exact) mass is 340 g/mol. The molecule has 0 saturated carbocycles. The molecule has 0 bridgehead atoms. The van der Waals surface area contributed by atoms with Crippen LogP contribution in [-0.4, -0.2) is 52.1 Å². The van der Waals surface area contributed by atoms with Crippen LogP contribution >= 0.6 is 11.8 Å². The van der Waals surface area contributed by atoms with E-state index in [1.165, 1.54) is 16.7 Å². The predicted octanol–water partition coefficient (Wildman–Crippen LogP) is 0.388. The molecule has 0 radical (unpaired) electrons. The summed E-state index contributed by atoms with van der Waals surface area (Å²) in [6.45, 7) is 5.55. The van der Waals surface area contributed by atoms with Gasteiger partial charge in [-0.25, -0.2) is 4.79 Å². The number of nitrogens with zero attached hydrogens (tertiary/aromatic N) is 1. The van der Waals surface area contributed by atoms with E-state index in [2.05, 4.69) is 0 Å². The molecule has 0 aromatic heterocycles. The maximum absolute atomic E-state index is 12.7. The number of β-lactam (4-membered cyclic amide) rings is 1. The van der Waals surface area contributed by atoms with Gasteiger partial charge in [0.05, 0.1) is 13.0 Å². The Morgan fingerprint density at radius 2 is 2.09 bits per heavy atom. The number of hydrogen-bond donors (Lipinski definition) is 1. The largest absolute Gasteiger partial charge is 0.465 e. The van der Waals surface area contributed by atoms with Crippen LogP contribution in [0, 0.1) is 5.92 Å². The Kier molecular flexibility index (Phi) is 3.92. The SMILES string of the molecule is CC(C)(C)OC(=O)C1=C(C2COC(=O)C2)CS[C@@H]2[C@H](N)C(=O)N12. The van der Waals surface area contributed by atoms with Gasteiger partial charge in [0.1, 0.15) is 22.7 Å². The van der Waals surface area contributed by atoms with Crippen molar-refractivity contribution in [1.29, 1.82) is 0 Å². The first-order valence-corrected chi connectivity index (χ1v) is 8.56. The van der Waals surface area contributed by atoms with E-state index >= 15 is 0 Å². The molecule has 0 aliphatic carbocycles. The fourth-order valence-electron chi connectivity index (χ4n) is 2.90. The van der Waals surface area contributed by atoms with Crippen molar-refractivity contribution in [2.45, 2.75) is 44.2 Å². The second kappa shape index (κ2) is 5.52. The van der Waals surface area contributed by atoms with Crippen LogP contribution in [0.4, 0.5) is 0 Å². The van der Waals surface area contributed by atoms with E-state index in [0.717, 1.165) is 5.57 Å². The Labute approximate surface area is 138 Å². The van der Waals surface area contributed by atoms with Gasteiger partial charge in [-0.3, -0.25) is 14.5 Å². The number of cyclic esters (lactones) is 1. The molecular weight excluding hydrogens is 320 g/mol. The molecule has 2 saturated heterocycles. The highest BCUT2D eigenvalue weighted by Crippen LogP contribution is 2.43. The predicted molar refractivity (Wildman–Crippen MR) is 83.0 cm³/mol. The summed E-state index contributed by atoms with van der Waals surface area (Å²) in [5.74, 6) is -0.769. The minimum Gasteiger partial charge on any atom is -0.465 e. The Morgan fingerprint density at radius 1 is 1.39 bits per heavy atom. The number of carbonyl (C=O) groups is 3. The molecule has 3 aliphatic heterocycles. The summed E-state index contributed by atoms with van der Waals surface area (Å²) in [5.41, 5.74) is 6.14. The minimum atomic E-state index is -0.673. The summed E-state index contributed by atoms with van der Waals surface area (Å²) in [6.07, 6.45) is 0.223. The van der Waals surface area contributed by atoms with Gasteiger partial charge in [0.2, 0.25) is 5.91 Å². The highest BCUT2D eigenvalue weighted by molar-refractivity contribution is 8.00. The third-order valence-electron chi connectivity index (χ3n) is 3.98. The first-order chi connectivity index (χ1) is 10.7. The number of thioether (sulfide) groups is 1. The highest BCUT2D eigenvalue weighted by atomic mass is 32.2. The van der Waals surface area contributed by atoms with Crippen molar-refractivity contribution in [2.75, 3.05) is 12.4 Å². The number of rotatable bonds is 2. The van der Waals surface area contributed by atoms with Crippen molar-refractivity contribution in [3.8, 4) is 0 Å². The maximum Gasteiger partial charge on any atom is 0.355 e. The summed E-state index contributed by atoms with van der Waals surface area (Å²) in [6, 6.07) is -0.597. The number of fused-ring (bicyclic) bond motifs is 1. The van der Waals surface area contributed by atoms with Crippen LogP contribution in [0.25, 0.3) is 0 Å². The molecule has 3 rings (SSSR count). The number of esters is 2. The molecule has 0 spiro atoms. The van der Waals surface area contributed by atoms with E-state index in [0.29, 0.717) is 5.75 Å². The van der Waals surface area contributed by atoms with Crippen molar-refractivity contribution in [3.05, 3.63) is 11.3 Å². The first-order valence-electron chi connectivity index (χ1n) is 7.51. The van der Waals surface area contributed by atoms with Crippen LogP contribution in [-0.2, 0) is 23.9 Å². The molecule has 1 unspecified atom stereocenters. The lowest BCUT2D eigenvalue weighted by molar-refractivity contribution is -0.158. The lowest BCUT2D eigenvalue weighted by Gasteiger charge is -2.49. The average Bonchev–Trinajstić information content (AvgIpc) is 2.89. The van der Waals surface area contributed by atoms with E-state index in [1.807, 2.05) is 0 Å². The van der Waals surface area contributed by atoms with Gasteiger partial charge in [-0.15, -0.1) is 11.8 Å². The molecule has 2 fully saturated rings. The van der Waals surface area contributed by atoms with E-state index in [1.54, 1.807) is 20.8 Å². The van der Waals surface area contributed by atoms with Crippen LogP contribution in [0.2, 0.25) is 0 Å². The van der Waals surface area contributed by atoms with E-state index in [4.69, 9.17) is 15.2 Å². The quantitative estimate of drug-likeness (QED) is 0.573. The van der Waals surface area contributed by atoms with Crippen molar-refractivity contribution in [2.24, 2.45) is 11.7 Å². The molecule has 3 atom stereocenters. The lowest BCUT2D eigenvalue weighted by Crippen LogP contribution is -2.68. The molecule has 7 nitrogen and oxygen atoms in total. The average molecular weight is 340 g/mol. The minimum absolute atomic E-state index is 0.192. The molecule has 3 heterocycles. The topological polar surface area (TPSA) is 98.9 Å². The van der Waals surface area contributed by atoms with E-state index in [9.17, 15) is 14.4 Å². The Morgan fingerprint density at radius 3 is 2.65 bits per heavy atom. The third-order valence-corrected chi connectivity index (χ3v) is 5.31. The van der Waals surface area contributed by atoms with Crippen molar-refractivity contribution >= 4 is 29.6 Å². The standard InChI is InChI=1S/C15H20N2O5S/c1-15(2,3)22-14(20)11-8(7-4-9(18)21-5-7)6-23-13-10(16)12(19)17(11)13/h7,10,13H,4-6,16H2,1-3H3/t7?,10-,13-/m1/s1. The Bertz CT molecular complexity index is 609. The molecule has 2 N–H and O–H groups in total. The van der Waals surface area contributed by atoms with Crippen molar-refractivity contribution < 1.29 is 23.9 Å². The zero-order valence-corrected chi connectivity index (χ0v) is 14.1. The van der Waals surface area contributed by atoms with Crippen LogP contribution in [0.1, 0.15) is 27.2 Å². The fraction of sp³-hybridized carbons (Fsp3) is 0.667. The van der Waals surface area contributed by atoms with Crippen LogP contribution in [0.3, 0.4) is 0 Å². The summed E-state index contributed by atoms with van der Waals surface area (Å²) in [5, 5.41) is -0.244. The smallest absolute Gasteiger partial charge is 0.355 e. The lowest BCUT2D eigenvalue weighted by atomic mass is 9.94. The molecule has 1 amide bonds.